The van der Waals surface area contributed by atoms with Gasteiger partial charge in [0.05, 0.1) is 30.0 Å². The molecule has 4 rings (SSSR count). The molecule has 1 aliphatic rings. The van der Waals surface area contributed by atoms with Crippen LogP contribution >= 0.6 is 0 Å². The number of esters is 1. The molecule has 162 valence electrons. The molecule has 32 heavy (non-hydrogen) atoms. The first-order chi connectivity index (χ1) is 15.4. The van der Waals surface area contributed by atoms with Crippen LogP contribution in [0.5, 0.6) is 0 Å². The summed E-state index contributed by atoms with van der Waals surface area (Å²) in [6, 6.07) is 15.8. The van der Waals surface area contributed by atoms with Crippen molar-refractivity contribution in [1.82, 2.24) is 0 Å². The van der Waals surface area contributed by atoms with E-state index in [0.717, 1.165) is 5.56 Å². The summed E-state index contributed by atoms with van der Waals surface area (Å²) in [7, 11) is 0. The number of aryl methyl sites for hydroxylation is 1. The average molecular weight is 431 g/mol. The Morgan fingerprint density at radius 3 is 2.56 bits per heavy atom. The van der Waals surface area contributed by atoms with Gasteiger partial charge in [0, 0.05) is 5.69 Å². The fourth-order valence-corrected chi connectivity index (χ4v) is 3.83. The molecule has 1 unspecified atom stereocenters. The van der Waals surface area contributed by atoms with Gasteiger partial charge in [0.1, 0.15) is 0 Å². The van der Waals surface area contributed by atoms with Gasteiger partial charge in [-0.25, -0.2) is 4.79 Å². The van der Waals surface area contributed by atoms with Gasteiger partial charge >= 0.3 is 5.97 Å². The molecule has 1 aliphatic heterocycles. The largest absolute Gasteiger partial charge is 0.503 e. The molecule has 1 amide bonds. The lowest BCUT2D eigenvalue weighted by Crippen LogP contribution is -2.31. The van der Waals surface area contributed by atoms with Gasteiger partial charge < -0.3 is 14.3 Å². The van der Waals surface area contributed by atoms with Gasteiger partial charge in [-0.05, 0) is 55.3 Å². The predicted molar refractivity (Wildman–Crippen MR) is 116 cm³/mol. The van der Waals surface area contributed by atoms with Gasteiger partial charge in [0.2, 0.25) is 5.78 Å². The van der Waals surface area contributed by atoms with Crippen molar-refractivity contribution in [2.45, 2.75) is 19.9 Å². The van der Waals surface area contributed by atoms with Crippen LogP contribution in [0.25, 0.3) is 0 Å². The number of hydrogen-bond donors (Lipinski definition) is 1. The minimum absolute atomic E-state index is 0.0139. The van der Waals surface area contributed by atoms with Crippen LogP contribution in [-0.4, -0.2) is 29.4 Å². The van der Waals surface area contributed by atoms with E-state index in [1.54, 1.807) is 43.3 Å². The zero-order chi connectivity index (χ0) is 22.8. The first-order valence-electron chi connectivity index (χ1n) is 10.1. The number of aliphatic hydroxyl groups is 1. The summed E-state index contributed by atoms with van der Waals surface area (Å²) in [6.07, 6.45) is 1.35. The Morgan fingerprint density at radius 2 is 1.88 bits per heavy atom. The second-order valence-corrected chi connectivity index (χ2v) is 7.27. The van der Waals surface area contributed by atoms with Crippen molar-refractivity contribution in [2.75, 3.05) is 11.5 Å². The minimum atomic E-state index is -0.904. The van der Waals surface area contributed by atoms with Crippen LogP contribution in [0.1, 0.15) is 45.0 Å². The Balaban J connectivity index is 1.87. The molecule has 0 saturated carbocycles. The van der Waals surface area contributed by atoms with Crippen molar-refractivity contribution in [2.24, 2.45) is 0 Å². The summed E-state index contributed by atoms with van der Waals surface area (Å²) >= 11 is 0. The molecule has 1 aromatic heterocycles. The lowest BCUT2D eigenvalue weighted by atomic mass is 9.92. The number of hydrogen-bond acceptors (Lipinski definition) is 6. The number of nitrogens with zero attached hydrogens (tertiary/aromatic N) is 1. The van der Waals surface area contributed by atoms with E-state index in [0.29, 0.717) is 11.3 Å². The second-order valence-electron chi connectivity index (χ2n) is 7.27. The zero-order valence-corrected chi connectivity index (χ0v) is 17.6. The molecule has 1 atom stereocenters. The number of anilines is 1. The third-order valence-electron chi connectivity index (χ3n) is 5.32. The van der Waals surface area contributed by atoms with Gasteiger partial charge in [-0.15, -0.1) is 0 Å². The van der Waals surface area contributed by atoms with E-state index in [1.807, 2.05) is 19.1 Å². The molecular weight excluding hydrogens is 410 g/mol. The Bertz CT molecular complexity index is 1220. The summed E-state index contributed by atoms with van der Waals surface area (Å²) in [5, 5.41) is 10.8. The molecule has 7 nitrogen and oxygen atoms in total. The quantitative estimate of drug-likeness (QED) is 0.454. The van der Waals surface area contributed by atoms with Crippen LogP contribution in [0.3, 0.4) is 0 Å². The number of amides is 1. The summed E-state index contributed by atoms with van der Waals surface area (Å²) in [4.78, 5) is 40.0. The predicted octanol–water partition coefficient (Wildman–Crippen LogP) is 4.55. The smallest absolute Gasteiger partial charge is 0.338 e. The molecule has 0 fully saturated rings. The number of benzene rings is 2. The van der Waals surface area contributed by atoms with Crippen molar-refractivity contribution in [3.05, 3.63) is 101 Å². The molecule has 0 saturated heterocycles. The fraction of sp³-hybridized carbons (Fsp3) is 0.160. The van der Waals surface area contributed by atoms with Crippen LogP contribution in [0.4, 0.5) is 5.69 Å². The summed E-state index contributed by atoms with van der Waals surface area (Å²) in [5.74, 6) is -2.49. The third-order valence-corrected chi connectivity index (χ3v) is 5.32. The van der Waals surface area contributed by atoms with Crippen LogP contribution in [0.2, 0.25) is 0 Å². The number of carbonyl (C=O) groups excluding carboxylic acids is 3. The normalized spacial score (nSPS) is 15.9. The molecule has 3 aromatic rings. The van der Waals surface area contributed by atoms with Crippen molar-refractivity contribution in [3.63, 3.8) is 0 Å². The molecule has 7 heteroatoms. The van der Waals surface area contributed by atoms with Gasteiger partial charge in [-0.3, -0.25) is 14.5 Å². The molecule has 2 aromatic carbocycles. The van der Waals surface area contributed by atoms with Crippen molar-refractivity contribution >= 4 is 23.3 Å². The van der Waals surface area contributed by atoms with Crippen LogP contribution in [-0.2, 0) is 9.53 Å². The summed E-state index contributed by atoms with van der Waals surface area (Å²) in [6.45, 7) is 3.77. The third kappa shape index (κ3) is 3.58. The average Bonchev–Trinajstić information content (AvgIpc) is 3.42. The molecule has 0 radical (unpaired) electrons. The van der Waals surface area contributed by atoms with Gasteiger partial charge in [-0.2, -0.15) is 0 Å². The monoisotopic (exact) mass is 431 g/mol. The number of aliphatic hydroxyl groups excluding tert-OH is 1. The number of ketones is 1. The van der Waals surface area contributed by atoms with Crippen LogP contribution < -0.4 is 4.90 Å². The van der Waals surface area contributed by atoms with Gasteiger partial charge in [-0.1, -0.05) is 30.3 Å². The second kappa shape index (κ2) is 8.55. The molecule has 0 aliphatic carbocycles. The molecule has 0 spiro atoms. The van der Waals surface area contributed by atoms with E-state index in [-0.39, 0.29) is 23.5 Å². The van der Waals surface area contributed by atoms with E-state index in [1.165, 1.54) is 23.3 Å². The van der Waals surface area contributed by atoms with Crippen LogP contribution in [0.15, 0.2) is 82.7 Å². The molecule has 2 heterocycles. The lowest BCUT2D eigenvalue weighted by molar-refractivity contribution is -0.117. The molecular formula is C25H21NO6. The summed E-state index contributed by atoms with van der Waals surface area (Å²) in [5.41, 5.74) is 2.02. The van der Waals surface area contributed by atoms with Crippen LogP contribution in [0, 0.1) is 6.92 Å². The first kappa shape index (κ1) is 21.1. The lowest BCUT2D eigenvalue weighted by Gasteiger charge is -2.28. The van der Waals surface area contributed by atoms with Crippen molar-refractivity contribution in [1.29, 1.82) is 0 Å². The topological polar surface area (TPSA) is 97.0 Å². The number of rotatable bonds is 6. The highest BCUT2D eigenvalue weighted by atomic mass is 16.5. The zero-order valence-electron chi connectivity index (χ0n) is 17.6. The Morgan fingerprint density at radius 1 is 1.09 bits per heavy atom. The molecule has 0 bridgehead atoms. The van der Waals surface area contributed by atoms with Gasteiger partial charge in [0.25, 0.3) is 5.91 Å². The fourth-order valence-electron chi connectivity index (χ4n) is 3.83. The number of furan rings is 1. The Labute approximate surface area is 184 Å². The number of carbonyl (C=O) groups is 3. The number of ether oxygens (including phenoxy) is 1. The van der Waals surface area contributed by atoms with E-state index >= 15 is 0 Å². The Kier molecular flexibility index (Phi) is 5.64. The SMILES string of the molecule is CCOC(=O)c1cccc(N2C(=O)C(O)=C(C(=O)c3ccco3)C2c2ccccc2C)c1. The highest BCUT2D eigenvalue weighted by Gasteiger charge is 2.45. The van der Waals surface area contributed by atoms with Crippen molar-refractivity contribution < 1.29 is 28.6 Å². The van der Waals surface area contributed by atoms with E-state index in [4.69, 9.17) is 9.15 Å². The Hall–Kier alpha value is -4.13. The number of Topliss-reactive ketones (excluding diaryl/α,β-unsaturated/α-hetero) is 1. The van der Waals surface area contributed by atoms with E-state index < -0.39 is 29.5 Å². The maximum absolute atomic E-state index is 13.2. The highest BCUT2D eigenvalue weighted by molar-refractivity contribution is 6.20. The summed E-state index contributed by atoms with van der Waals surface area (Å²) < 4.78 is 10.3. The maximum atomic E-state index is 13.2. The first-order valence-corrected chi connectivity index (χ1v) is 10.1. The molecule has 1 N–H and O–H groups in total. The van der Waals surface area contributed by atoms with Gasteiger partial charge in [0.15, 0.2) is 11.5 Å². The van der Waals surface area contributed by atoms with E-state index in [9.17, 15) is 19.5 Å². The highest BCUT2D eigenvalue weighted by Crippen LogP contribution is 2.43. The standard InChI is InChI=1S/C25H21NO6/c1-3-31-25(30)16-9-6-10-17(14-16)26-21(18-11-5-4-8-15(18)2)20(23(28)24(26)29)22(27)19-12-7-13-32-19/h4-14,21,28H,3H2,1-2H3. The minimum Gasteiger partial charge on any atom is -0.503 e. The van der Waals surface area contributed by atoms with Crippen molar-refractivity contribution in [3.8, 4) is 0 Å². The maximum Gasteiger partial charge on any atom is 0.338 e. The van der Waals surface area contributed by atoms with E-state index in [2.05, 4.69) is 0 Å².